The van der Waals surface area contributed by atoms with Crippen molar-refractivity contribution in [3.8, 4) is 6.07 Å². The van der Waals surface area contributed by atoms with Crippen LogP contribution in [0.25, 0.3) is 0 Å². The molecule has 2 amide bonds. The van der Waals surface area contributed by atoms with Gasteiger partial charge in [-0.05, 0) is 38.5 Å². The number of hydrogen-bond donors (Lipinski definition) is 3. The van der Waals surface area contributed by atoms with E-state index >= 15 is 0 Å². The van der Waals surface area contributed by atoms with Gasteiger partial charge in [0.1, 0.15) is 6.07 Å². The van der Waals surface area contributed by atoms with Gasteiger partial charge in [0.25, 0.3) is 0 Å². The summed E-state index contributed by atoms with van der Waals surface area (Å²) in [5.41, 5.74) is -0.0946. The third-order valence-electron chi connectivity index (χ3n) is 2.77. The molecular weight excluding hydrogens is 294 g/mol. The number of carboxylic acids is 1. The van der Waals surface area contributed by atoms with E-state index in [0.29, 0.717) is 10.7 Å². The highest BCUT2D eigenvalue weighted by molar-refractivity contribution is 6.31. The zero-order valence-electron chi connectivity index (χ0n) is 11.7. The molecule has 0 saturated heterocycles. The predicted molar refractivity (Wildman–Crippen MR) is 79.3 cm³/mol. The van der Waals surface area contributed by atoms with E-state index in [9.17, 15) is 9.59 Å². The molecule has 21 heavy (non-hydrogen) atoms. The Labute approximate surface area is 127 Å². The van der Waals surface area contributed by atoms with E-state index < -0.39 is 17.5 Å². The number of nitriles is 1. The van der Waals surface area contributed by atoms with Crippen molar-refractivity contribution in [1.29, 1.82) is 5.26 Å². The van der Waals surface area contributed by atoms with Crippen LogP contribution in [0, 0.1) is 11.3 Å². The summed E-state index contributed by atoms with van der Waals surface area (Å²) in [6.45, 7) is 3.44. The van der Waals surface area contributed by atoms with E-state index in [2.05, 4.69) is 10.6 Å². The predicted octanol–water partition coefficient (Wildman–Crippen LogP) is 2.98. The van der Waals surface area contributed by atoms with Crippen LogP contribution in [0.4, 0.5) is 10.5 Å². The third kappa shape index (κ3) is 5.71. The van der Waals surface area contributed by atoms with Crippen LogP contribution in [0.3, 0.4) is 0 Å². The lowest BCUT2D eigenvalue weighted by Crippen LogP contribution is -2.45. The van der Waals surface area contributed by atoms with Gasteiger partial charge in [0.2, 0.25) is 0 Å². The van der Waals surface area contributed by atoms with E-state index in [1.54, 1.807) is 19.9 Å². The maximum absolute atomic E-state index is 11.9. The molecule has 0 aromatic heterocycles. The normalized spacial score (nSPS) is 10.6. The van der Waals surface area contributed by atoms with Crippen LogP contribution >= 0.6 is 11.6 Å². The molecule has 1 aromatic carbocycles. The van der Waals surface area contributed by atoms with Gasteiger partial charge in [0.05, 0.1) is 11.3 Å². The molecule has 7 heteroatoms. The van der Waals surface area contributed by atoms with Gasteiger partial charge >= 0.3 is 12.0 Å². The smallest absolute Gasteiger partial charge is 0.319 e. The van der Waals surface area contributed by atoms with Gasteiger partial charge < -0.3 is 15.7 Å². The van der Waals surface area contributed by atoms with Crippen LogP contribution in [-0.4, -0.2) is 22.6 Å². The Balaban J connectivity index is 2.72. The van der Waals surface area contributed by atoms with Crippen LogP contribution < -0.4 is 10.6 Å². The Hall–Kier alpha value is -2.26. The summed E-state index contributed by atoms with van der Waals surface area (Å²) in [5.74, 6) is -0.924. The van der Waals surface area contributed by atoms with Crippen molar-refractivity contribution in [1.82, 2.24) is 5.32 Å². The Morgan fingerprint density at radius 1 is 1.43 bits per heavy atom. The zero-order chi connectivity index (χ0) is 16.0. The zero-order valence-corrected chi connectivity index (χ0v) is 12.5. The number of anilines is 1. The quantitative estimate of drug-likeness (QED) is 0.778. The summed E-state index contributed by atoms with van der Waals surface area (Å²) in [5, 5.41) is 23.2. The third-order valence-corrected chi connectivity index (χ3v) is 3.00. The molecule has 0 heterocycles. The number of hydrogen-bond acceptors (Lipinski definition) is 3. The molecule has 0 aliphatic carbocycles. The Morgan fingerprint density at radius 2 is 2.10 bits per heavy atom. The minimum absolute atomic E-state index is 0.0477. The monoisotopic (exact) mass is 309 g/mol. The fourth-order valence-electron chi connectivity index (χ4n) is 1.66. The summed E-state index contributed by atoms with van der Waals surface area (Å²) in [6.07, 6.45) is 0.240. The summed E-state index contributed by atoms with van der Waals surface area (Å²) in [7, 11) is 0. The van der Waals surface area contributed by atoms with E-state index in [4.69, 9.17) is 22.0 Å². The highest BCUT2D eigenvalue weighted by Crippen LogP contribution is 2.20. The van der Waals surface area contributed by atoms with Crippen molar-refractivity contribution in [3.63, 3.8) is 0 Å². The van der Waals surface area contributed by atoms with Crippen LogP contribution in [0.2, 0.25) is 5.02 Å². The Bertz CT molecular complexity index is 594. The van der Waals surface area contributed by atoms with E-state index in [1.165, 1.54) is 12.1 Å². The largest absolute Gasteiger partial charge is 0.481 e. The topological polar surface area (TPSA) is 102 Å². The molecule has 0 bridgehead atoms. The number of nitrogens with zero attached hydrogens (tertiary/aromatic N) is 1. The highest BCUT2D eigenvalue weighted by atomic mass is 35.5. The van der Waals surface area contributed by atoms with Crippen molar-refractivity contribution in [2.45, 2.75) is 32.2 Å². The first kappa shape index (κ1) is 16.8. The molecule has 0 radical (unpaired) electrons. The highest BCUT2D eigenvalue weighted by Gasteiger charge is 2.22. The minimum atomic E-state index is -0.924. The molecule has 3 N–H and O–H groups in total. The summed E-state index contributed by atoms with van der Waals surface area (Å²) < 4.78 is 0. The second kappa shape index (κ2) is 6.95. The van der Waals surface area contributed by atoms with Crippen LogP contribution in [0.15, 0.2) is 18.2 Å². The lowest BCUT2D eigenvalue weighted by molar-refractivity contribution is -0.137. The SMILES string of the molecule is CC(C)(CCC(=O)O)NC(=O)Nc1cc(Cl)ccc1C#N. The molecule has 1 rings (SSSR count). The van der Waals surface area contributed by atoms with Crippen LogP contribution in [-0.2, 0) is 4.79 Å². The Kier molecular flexibility index (Phi) is 5.56. The number of benzene rings is 1. The molecule has 1 aromatic rings. The van der Waals surface area contributed by atoms with Crippen molar-refractivity contribution in [3.05, 3.63) is 28.8 Å². The lowest BCUT2D eigenvalue weighted by atomic mass is 9.99. The summed E-state index contributed by atoms with van der Waals surface area (Å²) in [6, 6.07) is 5.97. The number of carbonyl (C=O) groups excluding carboxylic acids is 1. The van der Waals surface area contributed by atoms with Crippen molar-refractivity contribution in [2.75, 3.05) is 5.32 Å². The molecule has 0 aliphatic heterocycles. The molecule has 0 unspecified atom stereocenters. The van der Waals surface area contributed by atoms with Crippen molar-refractivity contribution >= 4 is 29.3 Å². The molecule has 6 nitrogen and oxygen atoms in total. The number of carbonyl (C=O) groups is 2. The molecule has 0 saturated carbocycles. The molecule has 0 atom stereocenters. The molecule has 112 valence electrons. The molecule has 0 fully saturated rings. The second-order valence-corrected chi connectivity index (χ2v) is 5.59. The number of aliphatic carboxylic acids is 1. The van der Waals surface area contributed by atoms with Gasteiger partial charge in [-0.25, -0.2) is 4.79 Å². The minimum Gasteiger partial charge on any atom is -0.481 e. The van der Waals surface area contributed by atoms with E-state index in [-0.39, 0.29) is 18.4 Å². The maximum atomic E-state index is 11.9. The van der Waals surface area contributed by atoms with Gasteiger partial charge in [-0.15, -0.1) is 0 Å². The first-order chi connectivity index (χ1) is 9.73. The first-order valence-corrected chi connectivity index (χ1v) is 6.62. The molecular formula is C14H16ClN3O3. The number of urea groups is 1. The van der Waals surface area contributed by atoms with Gasteiger partial charge in [0.15, 0.2) is 0 Å². The van der Waals surface area contributed by atoms with Gasteiger partial charge in [-0.2, -0.15) is 5.26 Å². The first-order valence-electron chi connectivity index (χ1n) is 6.24. The fraction of sp³-hybridized carbons (Fsp3) is 0.357. The standard InChI is InChI=1S/C14H16ClN3O3/c1-14(2,6-5-12(19)20)18-13(21)17-11-7-10(15)4-3-9(11)8-16/h3-4,7H,5-6H2,1-2H3,(H,19,20)(H2,17,18,21). The number of halogens is 1. The summed E-state index contributed by atoms with van der Waals surface area (Å²) >= 11 is 5.83. The fourth-order valence-corrected chi connectivity index (χ4v) is 1.83. The number of nitrogens with one attached hydrogen (secondary N) is 2. The van der Waals surface area contributed by atoms with Crippen molar-refractivity contribution < 1.29 is 14.7 Å². The number of amides is 2. The van der Waals surface area contributed by atoms with Crippen LogP contribution in [0.1, 0.15) is 32.3 Å². The lowest BCUT2D eigenvalue weighted by Gasteiger charge is -2.25. The summed E-state index contributed by atoms with van der Waals surface area (Å²) in [4.78, 5) is 22.5. The number of rotatable bonds is 5. The van der Waals surface area contributed by atoms with E-state index in [0.717, 1.165) is 0 Å². The molecule has 0 spiro atoms. The number of carboxylic acid groups (broad SMARTS) is 1. The molecule has 0 aliphatic rings. The van der Waals surface area contributed by atoms with Gasteiger partial charge in [0, 0.05) is 17.0 Å². The van der Waals surface area contributed by atoms with Crippen LogP contribution in [0.5, 0.6) is 0 Å². The second-order valence-electron chi connectivity index (χ2n) is 5.16. The average molecular weight is 310 g/mol. The van der Waals surface area contributed by atoms with E-state index in [1.807, 2.05) is 6.07 Å². The Morgan fingerprint density at radius 3 is 2.67 bits per heavy atom. The van der Waals surface area contributed by atoms with Gasteiger partial charge in [-0.3, -0.25) is 4.79 Å². The maximum Gasteiger partial charge on any atom is 0.319 e. The van der Waals surface area contributed by atoms with Gasteiger partial charge in [-0.1, -0.05) is 11.6 Å². The average Bonchev–Trinajstić information content (AvgIpc) is 2.36. The van der Waals surface area contributed by atoms with Crippen molar-refractivity contribution in [2.24, 2.45) is 0 Å².